The Balaban J connectivity index is 1.40. The van der Waals surface area contributed by atoms with Crippen molar-refractivity contribution >= 4 is 22.4 Å². The number of aryl methyl sites for hydroxylation is 1. The van der Waals surface area contributed by atoms with E-state index in [1.54, 1.807) is 6.07 Å². The topological polar surface area (TPSA) is 73.3 Å². The fourth-order valence-electron chi connectivity index (χ4n) is 4.38. The van der Waals surface area contributed by atoms with E-state index in [9.17, 15) is 9.18 Å². The lowest BCUT2D eigenvalue weighted by atomic mass is 9.76. The van der Waals surface area contributed by atoms with Crippen molar-refractivity contribution in [1.29, 1.82) is 0 Å². The van der Waals surface area contributed by atoms with Crippen molar-refractivity contribution in [3.63, 3.8) is 0 Å². The van der Waals surface area contributed by atoms with Crippen LogP contribution in [0, 0.1) is 17.7 Å². The molecule has 1 amide bonds. The number of carbonyl (C=O) groups excluding carboxylic acids is 1. The summed E-state index contributed by atoms with van der Waals surface area (Å²) in [5.74, 6) is 0.746. The van der Waals surface area contributed by atoms with E-state index in [1.165, 1.54) is 17.4 Å². The lowest BCUT2D eigenvalue weighted by Gasteiger charge is -2.39. The largest absolute Gasteiger partial charge is 0.484 e. The van der Waals surface area contributed by atoms with E-state index < -0.39 is 0 Å². The van der Waals surface area contributed by atoms with Crippen molar-refractivity contribution in [2.75, 3.05) is 18.5 Å². The van der Waals surface area contributed by atoms with E-state index in [0.29, 0.717) is 23.4 Å². The minimum atomic E-state index is -0.286. The number of nitrogens with zero attached hydrogens (tertiary/aromatic N) is 2. The number of nitrogens with one attached hydrogen (secondary N) is 1. The smallest absolute Gasteiger partial charge is 0.264 e. The third-order valence-electron chi connectivity index (χ3n) is 6.20. The van der Waals surface area contributed by atoms with Crippen molar-refractivity contribution in [3.05, 3.63) is 70.5 Å². The van der Waals surface area contributed by atoms with E-state index in [-0.39, 0.29) is 36.3 Å². The van der Waals surface area contributed by atoms with Gasteiger partial charge < -0.3 is 9.47 Å². The van der Waals surface area contributed by atoms with Gasteiger partial charge in [0.15, 0.2) is 6.61 Å². The van der Waals surface area contributed by atoms with Crippen LogP contribution in [0.15, 0.2) is 48.5 Å². The molecule has 8 heteroatoms. The molecule has 0 saturated carbocycles. The zero-order valence-electron chi connectivity index (χ0n) is 19.7. The van der Waals surface area contributed by atoms with Crippen LogP contribution in [0.1, 0.15) is 55.3 Å². The average Bonchev–Trinajstić information content (AvgIpc) is 3.30. The molecule has 1 N–H and O–H groups in total. The number of amides is 1. The molecule has 2 heterocycles. The van der Waals surface area contributed by atoms with Gasteiger partial charge in [0.1, 0.15) is 16.6 Å². The number of carbonyl (C=O) groups is 1. The maximum Gasteiger partial charge on any atom is 0.264 e. The minimum absolute atomic E-state index is 0.0292. The van der Waals surface area contributed by atoms with Gasteiger partial charge in [0, 0.05) is 5.92 Å². The number of rotatable bonds is 8. The lowest BCUT2D eigenvalue weighted by Crippen LogP contribution is -2.31. The number of ether oxygens (including phenoxy) is 2. The van der Waals surface area contributed by atoms with Gasteiger partial charge in [-0.15, -0.1) is 10.2 Å². The molecule has 0 radical (unpaired) electrons. The maximum atomic E-state index is 14.4. The molecule has 0 aliphatic carbocycles. The van der Waals surface area contributed by atoms with Crippen LogP contribution in [0.25, 0.3) is 0 Å². The Kier molecular flexibility index (Phi) is 7.90. The van der Waals surface area contributed by atoms with Crippen LogP contribution in [0.3, 0.4) is 0 Å². The summed E-state index contributed by atoms with van der Waals surface area (Å²) in [4.78, 5) is 12.3. The molecule has 1 aliphatic heterocycles. The van der Waals surface area contributed by atoms with Crippen LogP contribution in [-0.4, -0.2) is 29.3 Å². The molecule has 3 atom stereocenters. The number of hydrogen-bond donors (Lipinski definition) is 1. The molecule has 1 fully saturated rings. The average molecular weight is 484 g/mol. The Bertz CT molecular complexity index is 1120. The van der Waals surface area contributed by atoms with Gasteiger partial charge in [-0.25, -0.2) is 4.39 Å². The van der Waals surface area contributed by atoms with Crippen LogP contribution >= 0.6 is 11.3 Å². The molecule has 3 aromatic rings. The van der Waals surface area contributed by atoms with Crippen molar-refractivity contribution in [2.24, 2.45) is 11.8 Å². The zero-order valence-corrected chi connectivity index (χ0v) is 20.5. The quantitative estimate of drug-likeness (QED) is 0.440. The van der Waals surface area contributed by atoms with Crippen molar-refractivity contribution in [3.8, 4) is 5.75 Å². The summed E-state index contributed by atoms with van der Waals surface area (Å²) in [7, 11) is 0. The number of halogens is 1. The first-order valence-electron chi connectivity index (χ1n) is 11.7. The number of hydrogen-bond acceptors (Lipinski definition) is 6. The van der Waals surface area contributed by atoms with Gasteiger partial charge in [-0.05, 0) is 54.0 Å². The second-order valence-electron chi connectivity index (χ2n) is 8.88. The zero-order chi connectivity index (χ0) is 24.1. The van der Waals surface area contributed by atoms with Crippen molar-refractivity contribution in [1.82, 2.24) is 10.2 Å². The second-order valence-corrected chi connectivity index (χ2v) is 9.94. The summed E-state index contributed by atoms with van der Waals surface area (Å²) < 4.78 is 26.4. The lowest BCUT2D eigenvalue weighted by molar-refractivity contribution is -0.118. The van der Waals surface area contributed by atoms with E-state index in [0.717, 1.165) is 29.0 Å². The van der Waals surface area contributed by atoms with Crippen LogP contribution in [0.2, 0.25) is 0 Å². The fourth-order valence-corrected chi connectivity index (χ4v) is 5.08. The number of anilines is 1. The van der Waals surface area contributed by atoms with E-state index >= 15 is 0 Å². The molecule has 0 spiro atoms. The molecule has 6 nitrogen and oxygen atoms in total. The Morgan fingerprint density at radius 3 is 2.79 bits per heavy atom. The molecule has 4 rings (SSSR count). The molecule has 0 bridgehead atoms. The van der Waals surface area contributed by atoms with Gasteiger partial charge in [-0.2, -0.15) is 0 Å². The Morgan fingerprint density at radius 2 is 2.06 bits per heavy atom. The van der Waals surface area contributed by atoms with Gasteiger partial charge in [0.25, 0.3) is 5.91 Å². The van der Waals surface area contributed by atoms with Crippen molar-refractivity contribution < 1.29 is 18.7 Å². The van der Waals surface area contributed by atoms with E-state index in [1.807, 2.05) is 43.3 Å². The third kappa shape index (κ3) is 5.80. The normalized spacial score (nSPS) is 20.3. The standard InChI is InChI=1S/C26H30FN3O3S/c1-4-24-29-30-26(34-24)28-23(31)15-32-19-9-7-8-17(12-19)25-21(16(2)3)13-18(14-33-25)20-10-5-6-11-22(20)27/h5-12,16,18,21,25H,4,13-15H2,1-3H3,(H,28,30,31)/t18-,21-,25-/m0/s1. The van der Waals surface area contributed by atoms with Gasteiger partial charge in [0.05, 0.1) is 12.7 Å². The predicted molar refractivity (Wildman–Crippen MR) is 131 cm³/mol. The summed E-state index contributed by atoms with van der Waals surface area (Å²) in [5.41, 5.74) is 1.72. The molecule has 2 aromatic carbocycles. The van der Waals surface area contributed by atoms with Crippen molar-refractivity contribution in [2.45, 2.75) is 45.6 Å². The molecular formula is C26H30FN3O3S. The van der Waals surface area contributed by atoms with Gasteiger partial charge in [-0.1, -0.05) is 62.4 Å². The molecular weight excluding hydrogens is 453 g/mol. The first kappa shape index (κ1) is 24.3. The Morgan fingerprint density at radius 1 is 1.24 bits per heavy atom. The first-order valence-corrected chi connectivity index (χ1v) is 12.5. The highest BCUT2D eigenvalue weighted by Crippen LogP contribution is 2.44. The maximum absolute atomic E-state index is 14.4. The van der Waals surface area contributed by atoms with Crippen LogP contribution < -0.4 is 10.1 Å². The molecule has 0 unspecified atom stereocenters. The summed E-state index contributed by atoms with van der Waals surface area (Å²) in [6.07, 6.45) is 1.51. The highest BCUT2D eigenvalue weighted by atomic mass is 32.1. The predicted octanol–water partition coefficient (Wildman–Crippen LogP) is 5.77. The molecule has 1 aliphatic rings. The highest BCUT2D eigenvalue weighted by molar-refractivity contribution is 7.15. The SMILES string of the molecule is CCc1nnc(NC(=O)COc2cccc([C@@H]3OC[C@@H](c4ccccc4F)C[C@H]3C(C)C)c2)s1. The van der Waals surface area contributed by atoms with Crippen LogP contribution in [-0.2, 0) is 16.0 Å². The van der Waals surface area contributed by atoms with Gasteiger partial charge >= 0.3 is 0 Å². The fraction of sp³-hybridized carbons (Fsp3) is 0.423. The molecule has 1 aromatic heterocycles. The summed E-state index contributed by atoms with van der Waals surface area (Å²) in [6.45, 7) is 6.67. The molecule has 34 heavy (non-hydrogen) atoms. The van der Waals surface area contributed by atoms with Crippen LogP contribution in [0.5, 0.6) is 5.75 Å². The summed E-state index contributed by atoms with van der Waals surface area (Å²) >= 11 is 1.36. The van der Waals surface area contributed by atoms with Crippen LogP contribution in [0.4, 0.5) is 9.52 Å². The molecule has 1 saturated heterocycles. The minimum Gasteiger partial charge on any atom is -0.484 e. The summed E-state index contributed by atoms with van der Waals surface area (Å²) in [5, 5.41) is 12.0. The van der Waals surface area contributed by atoms with Gasteiger partial charge in [-0.3, -0.25) is 10.1 Å². The Labute approximate surface area is 203 Å². The summed E-state index contributed by atoms with van der Waals surface area (Å²) in [6, 6.07) is 14.6. The number of aromatic nitrogens is 2. The molecule has 180 valence electrons. The highest BCUT2D eigenvalue weighted by Gasteiger charge is 2.35. The monoisotopic (exact) mass is 483 g/mol. The van der Waals surface area contributed by atoms with Gasteiger partial charge in [0.2, 0.25) is 5.13 Å². The Hall–Kier alpha value is -2.84. The second kappa shape index (κ2) is 11.1. The first-order chi connectivity index (χ1) is 16.4. The number of benzene rings is 2. The third-order valence-corrected chi connectivity index (χ3v) is 7.18. The van der Waals surface area contributed by atoms with E-state index in [2.05, 4.69) is 29.4 Å². The van der Waals surface area contributed by atoms with E-state index in [4.69, 9.17) is 9.47 Å².